The standard InChI is InChI=1S/C20H39N7O/c1-17(2)8-5-6-9-21-20(23-16-19-25-24-18(3)26(19)4)22-10-7-11-27-12-14-28-15-13-27/h17H,5-16H2,1-4H3,(H2,21,22,23). The minimum Gasteiger partial charge on any atom is -0.379 e. The molecule has 160 valence electrons. The molecule has 1 aromatic rings. The highest BCUT2D eigenvalue weighted by Gasteiger charge is 2.10. The molecule has 0 amide bonds. The first kappa shape index (κ1) is 22.6. The molecule has 1 aliphatic heterocycles. The van der Waals surface area contributed by atoms with Crippen LogP contribution in [0, 0.1) is 12.8 Å². The van der Waals surface area contributed by atoms with Crippen LogP contribution in [-0.4, -0.2) is 71.6 Å². The third kappa shape index (κ3) is 8.56. The lowest BCUT2D eigenvalue weighted by Gasteiger charge is -2.26. The van der Waals surface area contributed by atoms with Crippen LogP contribution >= 0.6 is 0 Å². The van der Waals surface area contributed by atoms with Gasteiger partial charge in [-0.25, -0.2) is 4.99 Å². The first-order valence-corrected chi connectivity index (χ1v) is 10.7. The number of hydrogen-bond donors (Lipinski definition) is 2. The third-order valence-corrected chi connectivity index (χ3v) is 5.11. The highest BCUT2D eigenvalue weighted by molar-refractivity contribution is 5.79. The molecule has 1 saturated heterocycles. The highest BCUT2D eigenvalue weighted by atomic mass is 16.5. The van der Waals surface area contributed by atoms with Crippen LogP contribution in [0.25, 0.3) is 0 Å². The molecule has 1 aliphatic rings. The molecule has 2 N–H and O–H groups in total. The van der Waals surface area contributed by atoms with Crippen molar-refractivity contribution in [2.75, 3.05) is 45.9 Å². The van der Waals surface area contributed by atoms with Gasteiger partial charge in [0.2, 0.25) is 0 Å². The van der Waals surface area contributed by atoms with Gasteiger partial charge >= 0.3 is 0 Å². The fraction of sp³-hybridized carbons (Fsp3) is 0.850. The van der Waals surface area contributed by atoms with Crippen molar-refractivity contribution in [1.82, 2.24) is 30.3 Å². The minimum atomic E-state index is 0.530. The summed E-state index contributed by atoms with van der Waals surface area (Å²) in [6.07, 6.45) is 4.78. The van der Waals surface area contributed by atoms with Crippen molar-refractivity contribution >= 4 is 5.96 Å². The van der Waals surface area contributed by atoms with Gasteiger partial charge in [0.1, 0.15) is 12.4 Å². The largest absolute Gasteiger partial charge is 0.379 e. The second-order valence-electron chi connectivity index (χ2n) is 7.94. The number of nitrogens with one attached hydrogen (secondary N) is 2. The zero-order chi connectivity index (χ0) is 20.2. The SMILES string of the molecule is Cc1nnc(CN=C(NCCCCC(C)C)NCCCN2CCOCC2)n1C. The molecule has 0 radical (unpaired) electrons. The number of aromatic nitrogens is 3. The Hall–Kier alpha value is -1.67. The number of aliphatic imine (C=N–C) groups is 1. The molecular formula is C20H39N7O. The van der Waals surface area contributed by atoms with Gasteiger partial charge in [0.25, 0.3) is 0 Å². The maximum Gasteiger partial charge on any atom is 0.191 e. The van der Waals surface area contributed by atoms with Crippen LogP contribution in [0.3, 0.4) is 0 Å². The number of hydrogen-bond acceptors (Lipinski definition) is 5. The Morgan fingerprint density at radius 3 is 2.46 bits per heavy atom. The molecule has 28 heavy (non-hydrogen) atoms. The van der Waals surface area contributed by atoms with Gasteiger partial charge < -0.3 is 19.9 Å². The molecule has 8 heteroatoms. The van der Waals surface area contributed by atoms with Gasteiger partial charge in [0.05, 0.1) is 13.2 Å². The summed E-state index contributed by atoms with van der Waals surface area (Å²) < 4.78 is 7.40. The molecule has 2 rings (SSSR count). The second-order valence-corrected chi connectivity index (χ2v) is 7.94. The summed E-state index contributed by atoms with van der Waals surface area (Å²) >= 11 is 0. The van der Waals surface area contributed by atoms with Crippen molar-refractivity contribution < 1.29 is 4.74 Å². The molecule has 8 nitrogen and oxygen atoms in total. The van der Waals surface area contributed by atoms with E-state index in [-0.39, 0.29) is 0 Å². The van der Waals surface area contributed by atoms with E-state index in [0.29, 0.717) is 6.54 Å². The average molecular weight is 394 g/mol. The number of ether oxygens (including phenoxy) is 1. The second kappa shape index (κ2) is 12.7. The monoisotopic (exact) mass is 393 g/mol. The molecule has 0 bridgehead atoms. The van der Waals surface area contributed by atoms with Crippen molar-refractivity contribution in [3.05, 3.63) is 11.6 Å². The first-order chi connectivity index (χ1) is 13.6. The lowest BCUT2D eigenvalue weighted by molar-refractivity contribution is 0.0376. The van der Waals surface area contributed by atoms with Gasteiger partial charge in [-0.15, -0.1) is 10.2 Å². The fourth-order valence-electron chi connectivity index (χ4n) is 3.13. The lowest BCUT2D eigenvalue weighted by atomic mass is 10.1. The quantitative estimate of drug-likeness (QED) is 0.338. The summed E-state index contributed by atoms with van der Waals surface area (Å²) in [4.78, 5) is 7.18. The third-order valence-electron chi connectivity index (χ3n) is 5.11. The smallest absolute Gasteiger partial charge is 0.191 e. The summed E-state index contributed by atoms with van der Waals surface area (Å²) in [7, 11) is 1.98. The van der Waals surface area contributed by atoms with Crippen molar-refractivity contribution in [2.45, 2.75) is 53.0 Å². The Bertz CT molecular complexity index is 579. The molecule has 0 atom stereocenters. The molecule has 2 heterocycles. The van der Waals surface area contributed by atoms with Crippen LogP contribution in [-0.2, 0) is 18.3 Å². The Balaban J connectivity index is 1.76. The van der Waals surface area contributed by atoms with E-state index in [4.69, 9.17) is 9.73 Å². The maximum atomic E-state index is 5.41. The zero-order valence-electron chi connectivity index (χ0n) is 18.2. The number of guanidine groups is 1. The van der Waals surface area contributed by atoms with Gasteiger partial charge in [0, 0.05) is 33.2 Å². The summed E-state index contributed by atoms with van der Waals surface area (Å²) in [6.45, 7) is 13.8. The molecule has 0 saturated carbocycles. The van der Waals surface area contributed by atoms with E-state index in [1.54, 1.807) is 0 Å². The van der Waals surface area contributed by atoms with Crippen LogP contribution in [0.2, 0.25) is 0 Å². The molecular weight excluding hydrogens is 354 g/mol. The Morgan fingerprint density at radius 1 is 1.11 bits per heavy atom. The van der Waals surface area contributed by atoms with E-state index in [9.17, 15) is 0 Å². The topological polar surface area (TPSA) is 79.6 Å². The van der Waals surface area contributed by atoms with Gasteiger partial charge in [-0.05, 0) is 32.2 Å². The molecule has 0 aromatic carbocycles. The predicted molar refractivity (Wildman–Crippen MR) is 113 cm³/mol. The van der Waals surface area contributed by atoms with Crippen molar-refractivity contribution in [3.8, 4) is 0 Å². The van der Waals surface area contributed by atoms with Crippen LogP contribution in [0.15, 0.2) is 4.99 Å². The lowest BCUT2D eigenvalue weighted by Crippen LogP contribution is -2.41. The Labute approximate surface area is 170 Å². The van der Waals surface area contributed by atoms with E-state index >= 15 is 0 Å². The van der Waals surface area contributed by atoms with Crippen molar-refractivity contribution in [1.29, 1.82) is 0 Å². The average Bonchev–Trinajstić information content (AvgIpc) is 3.01. The normalized spacial score (nSPS) is 16.0. The Kier molecular flexibility index (Phi) is 10.3. The van der Waals surface area contributed by atoms with Gasteiger partial charge in [-0.3, -0.25) is 4.90 Å². The van der Waals surface area contributed by atoms with E-state index in [0.717, 1.165) is 82.3 Å². The summed E-state index contributed by atoms with van der Waals surface area (Å²) in [5, 5.41) is 15.3. The number of morpholine rings is 1. The molecule has 1 aromatic heterocycles. The predicted octanol–water partition coefficient (Wildman–Crippen LogP) is 1.71. The van der Waals surface area contributed by atoms with E-state index in [1.165, 1.54) is 12.8 Å². The number of nitrogens with zero attached hydrogens (tertiary/aromatic N) is 5. The maximum absolute atomic E-state index is 5.41. The molecule has 0 spiro atoms. The summed E-state index contributed by atoms with van der Waals surface area (Å²) in [5.74, 6) is 3.43. The van der Waals surface area contributed by atoms with E-state index in [1.807, 2.05) is 18.5 Å². The van der Waals surface area contributed by atoms with Crippen LogP contribution in [0.1, 0.15) is 51.2 Å². The van der Waals surface area contributed by atoms with Gasteiger partial charge in [-0.1, -0.05) is 26.7 Å². The van der Waals surface area contributed by atoms with Crippen LogP contribution in [0.5, 0.6) is 0 Å². The zero-order valence-corrected chi connectivity index (χ0v) is 18.2. The van der Waals surface area contributed by atoms with E-state index in [2.05, 4.69) is 39.6 Å². The minimum absolute atomic E-state index is 0.530. The molecule has 0 unspecified atom stereocenters. The first-order valence-electron chi connectivity index (χ1n) is 10.7. The Morgan fingerprint density at radius 2 is 1.82 bits per heavy atom. The van der Waals surface area contributed by atoms with Gasteiger partial charge in [-0.2, -0.15) is 0 Å². The van der Waals surface area contributed by atoms with Gasteiger partial charge in [0.15, 0.2) is 11.8 Å². The molecule has 1 fully saturated rings. The van der Waals surface area contributed by atoms with E-state index < -0.39 is 0 Å². The van der Waals surface area contributed by atoms with Crippen molar-refractivity contribution in [3.63, 3.8) is 0 Å². The highest BCUT2D eigenvalue weighted by Crippen LogP contribution is 2.05. The molecule has 0 aliphatic carbocycles. The number of aryl methyl sites for hydroxylation is 1. The van der Waals surface area contributed by atoms with Crippen LogP contribution < -0.4 is 10.6 Å². The number of unbranched alkanes of at least 4 members (excludes halogenated alkanes) is 1. The van der Waals surface area contributed by atoms with Crippen LogP contribution in [0.4, 0.5) is 0 Å². The summed E-state index contributed by atoms with van der Waals surface area (Å²) in [6, 6.07) is 0. The van der Waals surface area contributed by atoms with Crippen molar-refractivity contribution in [2.24, 2.45) is 18.0 Å². The summed E-state index contributed by atoms with van der Waals surface area (Å²) in [5.41, 5.74) is 0. The fourth-order valence-corrected chi connectivity index (χ4v) is 3.13. The number of rotatable bonds is 11.